The molecule has 0 saturated carbocycles. The molecule has 1 heterocycles. The van der Waals surface area contributed by atoms with E-state index < -0.39 is 22.7 Å². The first-order valence-corrected chi connectivity index (χ1v) is 6.30. The van der Waals surface area contributed by atoms with E-state index in [-0.39, 0.29) is 13.0 Å². The third-order valence-corrected chi connectivity index (χ3v) is 4.23. The SMILES string of the molecule is CCOC(=O)C(F)(F)C1(O)CCCSC1C. The molecule has 1 aliphatic rings. The van der Waals surface area contributed by atoms with Crippen molar-refractivity contribution in [3.05, 3.63) is 0 Å². The molecule has 0 aromatic heterocycles. The van der Waals surface area contributed by atoms with Gasteiger partial charge in [0.15, 0.2) is 5.60 Å². The number of hydrogen-bond acceptors (Lipinski definition) is 4. The summed E-state index contributed by atoms with van der Waals surface area (Å²) in [5.74, 6) is -4.75. The van der Waals surface area contributed by atoms with Gasteiger partial charge in [-0.05, 0) is 25.5 Å². The normalized spacial score (nSPS) is 31.2. The summed E-state index contributed by atoms with van der Waals surface area (Å²) in [5.41, 5.74) is -2.29. The number of rotatable bonds is 3. The number of hydrogen-bond donors (Lipinski definition) is 1. The Morgan fingerprint density at radius 3 is 2.81 bits per heavy atom. The van der Waals surface area contributed by atoms with Crippen molar-refractivity contribution < 1.29 is 23.4 Å². The number of ether oxygens (including phenoxy) is 1. The number of aliphatic hydroxyl groups is 1. The van der Waals surface area contributed by atoms with Crippen LogP contribution in [-0.4, -0.2) is 40.2 Å². The zero-order valence-corrected chi connectivity index (χ0v) is 10.2. The average Bonchev–Trinajstić information content (AvgIpc) is 2.22. The quantitative estimate of drug-likeness (QED) is 0.781. The Balaban J connectivity index is 2.90. The van der Waals surface area contributed by atoms with Crippen molar-refractivity contribution in [3.63, 3.8) is 0 Å². The van der Waals surface area contributed by atoms with Crippen LogP contribution in [0.1, 0.15) is 26.7 Å². The Bertz CT molecular complexity index is 273. The summed E-state index contributed by atoms with van der Waals surface area (Å²) in [4.78, 5) is 11.2. The van der Waals surface area contributed by atoms with Crippen molar-refractivity contribution in [2.75, 3.05) is 12.4 Å². The van der Waals surface area contributed by atoms with Crippen molar-refractivity contribution in [2.45, 2.75) is 43.5 Å². The Kier molecular flexibility index (Phi) is 4.17. The first-order chi connectivity index (χ1) is 7.36. The highest BCUT2D eigenvalue weighted by atomic mass is 32.2. The van der Waals surface area contributed by atoms with Gasteiger partial charge in [-0.15, -0.1) is 0 Å². The lowest BCUT2D eigenvalue weighted by atomic mass is 9.87. The molecule has 16 heavy (non-hydrogen) atoms. The van der Waals surface area contributed by atoms with Crippen molar-refractivity contribution in [3.8, 4) is 0 Å². The van der Waals surface area contributed by atoms with Crippen molar-refractivity contribution in [2.24, 2.45) is 0 Å². The molecule has 6 heteroatoms. The second-order valence-electron chi connectivity index (χ2n) is 3.84. The molecule has 3 nitrogen and oxygen atoms in total. The Morgan fingerprint density at radius 1 is 1.69 bits per heavy atom. The fraction of sp³-hybridized carbons (Fsp3) is 0.900. The van der Waals surface area contributed by atoms with Gasteiger partial charge >= 0.3 is 11.9 Å². The van der Waals surface area contributed by atoms with Gasteiger partial charge in [0.05, 0.1) is 6.61 Å². The summed E-state index contributed by atoms with van der Waals surface area (Å²) in [6.07, 6.45) is 0.396. The van der Waals surface area contributed by atoms with E-state index in [4.69, 9.17) is 0 Å². The van der Waals surface area contributed by atoms with Crippen molar-refractivity contribution in [1.82, 2.24) is 0 Å². The van der Waals surface area contributed by atoms with Crippen LogP contribution in [0.25, 0.3) is 0 Å². The minimum Gasteiger partial charge on any atom is -0.461 e. The predicted molar refractivity (Wildman–Crippen MR) is 57.7 cm³/mol. The zero-order valence-electron chi connectivity index (χ0n) is 9.33. The van der Waals surface area contributed by atoms with Crippen LogP contribution < -0.4 is 0 Å². The van der Waals surface area contributed by atoms with Gasteiger partial charge in [0.1, 0.15) is 0 Å². The lowest BCUT2D eigenvalue weighted by molar-refractivity contribution is -0.215. The standard InChI is InChI=1S/C10H16F2O3S/c1-3-15-8(13)10(11,12)9(14)5-4-6-16-7(9)2/h7,14H,3-6H2,1-2H3. The lowest BCUT2D eigenvalue weighted by Gasteiger charge is -2.41. The zero-order chi connectivity index (χ0) is 12.4. The molecule has 0 bridgehead atoms. The largest absolute Gasteiger partial charge is 0.461 e. The fourth-order valence-corrected chi connectivity index (χ4v) is 2.96. The van der Waals surface area contributed by atoms with Gasteiger partial charge in [-0.1, -0.05) is 6.92 Å². The van der Waals surface area contributed by atoms with E-state index in [2.05, 4.69) is 4.74 Å². The molecular formula is C10H16F2O3S. The molecule has 2 atom stereocenters. The highest BCUT2D eigenvalue weighted by Gasteiger charge is 2.62. The van der Waals surface area contributed by atoms with Crippen LogP contribution in [0.4, 0.5) is 8.78 Å². The summed E-state index contributed by atoms with van der Waals surface area (Å²) in [5, 5.41) is 9.31. The summed E-state index contributed by atoms with van der Waals surface area (Å²) in [7, 11) is 0. The van der Waals surface area contributed by atoms with Crippen LogP contribution in [0, 0.1) is 0 Å². The molecule has 1 N–H and O–H groups in total. The minimum absolute atomic E-state index is 0.0764. The lowest BCUT2D eigenvalue weighted by Crippen LogP contribution is -2.60. The number of carbonyl (C=O) groups is 1. The van der Waals surface area contributed by atoms with Crippen LogP contribution in [0.2, 0.25) is 0 Å². The molecule has 0 aliphatic carbocycles. The second-order valence-corrected chi connectivity index (χ2v) is 5.28. The molecule has 0 amide bonds. The maximum Gasteiger partial charge on any atom is 0.380 e. The first kappa shape index (κ1) is 13.7. The third-order valence-electron chi connectivity index (χ3n) is 2.82. The molecule has 1 fully saturated rings. The van der Waals surface area contributed by atoms with Crippen LogP contribution in [0.3, 0.4) is 0 Å². The number of thioether (sulfide) groups is 1. The molecule has 1 aliphatic heterocycles. The maximum atomic E-state index is 13.8. The van der Waals surface area contributed by atoms with E-state index in [0.29, 0.717) is 6.42 Å². The Morgan fingerprint density at radius 2 is 2.31 bits per heavy atom. The van der Waals surface area contributed by atoms with Gasteiger partial charge < -0.3 is 9.84 Å². The third kappa shape index (κ3) is 2.18. The molecule has 94 valence electrons. The molecule has 1 saturated heterocycles. The van der Waals surface area contributed by atoms with Crippen LogP contribution in [0.5, 0.6) is 0 Å². The number of halogens is 2. The molecule has 0 aromatic rings. The smallest absolute Gasteiger partial charge is 0.380 e. The number of esters is 1. The highest BCUT2D eigenvalue weighted by molar-refractivity contribution is 8.00. The van der Waals surface area contributed by atoms with Gasteiger partial charge in [-0.3, -0.25) is 0 Å². The summed E-state index contributed by atoms with van der Waals surface area (Å²) >= 11 is 1.25. The van der Waals surface area contributed by atoms with Crippen LogP contribution in [0.15, 0.2) is 0 Å². The summed E-state index contributed by atoms with van der Waals surface area (Å²) in [6.45, 7) is 2.85. The van der Waals surface area contributed by atoms with Crippen LogP contribution >= 0.6 is 11.8 Å². The molecule has 2 unspecified atom stereocenters. The van der Waals surface area contributed by atoms with Crippen molar-refractivity contribution in [1.29, 1.82) is 0 Å². The number of carbonyl (C=O) groups excluding carboxylic acids is 1. The summed E-state index contributed by atoms with van der Waals surface area (Å²) in [6, 6.07) is 0. The van der Waals surface area contributed by atoms with Gasteiger partial charge in [0.2, 0.25) is 0 Å². The predicted octanol–water partition coefficient (Wildman–Crippen LogP) is 1.83. The highest BCUT2D eigenvalue weighted by Crippen LogP contribution is 2.44. The monoisotopic (exact) mass is 254 g/mol. The van der Waals surface area contributed by atoms with Crippen LogP contribution in [-0.2, 0) is 9.53 Å². The first-order valence-electron chi connectivity index (χ1n) is 5.25. The van der Waals surface area contributed by atoms with E-state index >= 15 is 0 Å². The molecular weight excluding hydrogens is 238 g/mol. The Labute approximate surface area is 97.5 Å². The van der Waals surface area contributed by atoms with Gasteiger partial charge in [0.25, 0.3) is 0 Å². The minimum atomic E-state index is -3.84. The topological polar surface area (TPSA) is 46.5 Å². The molecule has 1 rings (SSSR count). The van der Waals surface area contributed by atoms with E-state index in [0.717, 1.165) is 5.75 Å². The van der Waals surface area contributed by atoms with Gasteiger partial charge in [-0.25, -0.2) is 4.79 Å². The summed E-state index contributed by atoms with van der Waals surface area (Å²) < 4.78 is 31.9. The number of alkyl halides is 2. The van der Waals surface area contributed by atoms with E-state index in [1.165, 1.54) is 25.6 Å². The van der Waals surface area contributed by atoms with Crippen molar-refractivity contribution >= 4 is 17.7 Å². The van der Waals surface area contributed by atoms with E-state index in [1.807, 2.05) is 0 Å². The molecule has 0 radical (unpaired) electrons. The molecule has 0 spiro atoms. The van der Waals surface area contributed by atoms with E-state index in [1.54, 1.807) is 0 Å². The van der Waals surface area contributed by atoms with Gasteiger partial charge in [0, 0.05) is 5.25 Å². The average molecular weight is 254 g/mol. The fourth-order valence-electron chi connectivity index (χ4n) is 1.75. The molecule has 0 aromatic carbocycles. The maximum absolute atomic E-state index is 13.8. The second kappa shape index (κ2) is 4.87. The Hall–Kier alpha value is -0.360. The van der Waals surface area contributed by atoms with Gasteiger partial charge in [-0.2, -0.15) is 20.5 Å². The van der Waals surface area contributed by atoms with E-state index in [9.17, 15) is 18.7 Å².